The molecule has 1 unspecified atom stereocenters. The lowest BCUT2D eigenvalue weighted by molar-refractivity contribution is 0.480. The van der Waals surface area contributed by atoms with Crippen molar-refractivity contribution >= 4 is 10.0 Å². The van der Waals surface area contributed by atoms with Crippen LogP contribution in [0.15, 0.2) is 5.16 Å². The lowest BCUT2D eigenvalue weighted by Crippen LogP contribution is -2.21. The summed E-state index contributed by atoms with van der Waals surface area (Å²) < 4.78 is 24.4. The number of nitrogens with two attached hydrogens (primary N) is 1. The molecule has 1 heterocycles. The molecule has 0 aliphatic carbocycles. The molecular formula is C10H20N4O2S. The quantitative estimate of drug-likeness (QED) is 0.866. The van der Waals surface area contributed by atoms with Crippen molar-refractivity contribution in [2.75, 3.05) is 0 Å². The van der Waals surface area contributed by atoms with Gasteiger partial charge in [0.15, 0.2) is 0 Å². The maximum Gasteiger partial charge on any atom is 0.273 e. The van der Waals surface area contributed by atoms with Crippen LogP contribution in [0, 0.1) is 0 Å². The van der Waals surface area contributed by atoms with Crippen molar-refractivity contribution < 1.29 is 8.42 Å². The summed E-state index contributed by atoms with van der Waals surface area (Å²) in [7, 11) is -3.82. The van der Waals surface area contributed by atoms with Gasteiger partial charge in [-0.05, 0) is 20.3 Å². The second-order valence-corrected chi connectivity index (χ2v) is 5.99. The van der Waals surface area contributed by atoms with E-state index in [1.165, 1.54) is 0 Å². The zero-order valence-electron chi connectivity index (χ0n) is 10.7. The van der Waals surface area contributed by atoms with Crippen molar-refractivity contribution in [1.82, 2.24) is 14.8 Å². The van der Waals surface area contributed by atoms with E-state index in [1.807, 2.05) is 20.8 Å². The normalized spacial score (nSPS) is 14.2. The summed E-state index contributed by atoms with van der Waals surface area (Å²) in [4.78, 5) is 0. The zero-order chi connectivity index (χ0) is 13.2. The summed E-state index contributed by atoms with van der Waals surface area (Å²) in [5, 5.41) is 12.7. The van der Waals surface area contributed by atoms with Crippen LogP contribution in [0.5, 0.6) is 0 Å². The lowest BCUT2D eigenvalue weighted by atomic mass is 10.1. The Morgan fingerprint density at radius 1 is 1.29 bits per heavy atom. The predicted octanol–water partition coefficient (Wildman–Crippen LogP) is 1.41. The van der Waals surface area contributed by atoms with Gasteiger partial charge in [0.25, 0.3) is 15.2 Å². The fourth-order valence-electron chi connectivity index (χ4n) is 1.87. The van der Waals surface area contributed by atoms with Gasteiger partial charge in [0.1, 0.15) is 5.82 Å². The van der Waals surface area contributed by atoms with Crippen molar-refractivity contribution in [2.45, 2.75) is 57.7 Å². The maximum absolute atomic E-state index is 11.4. The minimum Gasteiger partial charge on any atom is -0.298 e. The standard InChI is InChI=1S/C10H20N4O2S/c1-5-6-8(4)9-12-13-10(17(11,15)16)14(9)7(2)3/h7-8H,5-6H2,1-4H3,(H2,11,15,16). The van der Waals surface area contributed by atoms with Crippen molar-refractivity contribution in [1.29, 1.82) is 0 Å². The summed E-state index contributed by atoms with van der Waals surface area (Å²) in [5.74, 6) is 0.858. The van der Waals surface area contributed by atoms with Gasteiger partial charge in [-0.1, -0.05) is 20.3 Å². The van der Waals surface area contributed by atoms with E-state index < -0.39 is 10.0 Å². The fourth-order valence-corrected chi connectivity index (χ4v) is 2.60. The van der Waals surface area contributed by atoms with E-state index in [1.54, 1.807) is 4.57 Å². The van der Waals surface area contributed by atoms with Gasteiger partial charge in [-0.3, -0.25) is 4.57 Å². The van der Waals surface area contributed by atoms with Crippen LogP contribution in [0.1, 0.15) is 58.3 Å². The highest BCUT2D eigenvalue weighted by molar-refractivity contribution is 7.89. The molecule has 98 valence electrons. The molecule has 6 nitrogen and oxygen atoms in total. The maximum atomic E-state index is 11.4. The number of primary sulfonamides is 1. The van der Waals surface area contributed by atoms with Crippen LogP contribution >= 0.6 is 0 Å². The van der Waals surface area contributed by atoms with Crippen LogP contribution in [0.3, 0.4) is 0 Å². The average Bonchev–Trinajstić information content (AvgIpc) is 2.61. The topological polar surface area (TPSA) is 90.9 Å². The van der Waals surface area contributed by atoms with Gasteiger partial charge in [-0.25, -0.2) is 13.6 Å². The van der Waals surface area contributed by atoms with Crippen LogP contribution in [-0.4, -0.2) is 23.2 Å². The van der Waals surface area contributed by atoms with Crippen LogP contribution in [-0.2, 0) is 10.0 Å². The molecule has 0 aliphatic heterocycles. The van der Waals surface area contributed by atoms with Gasteiger partial charge in [0.05, 0.1) is 0 Å². The Bertz CT molecular complexity index is 478. The number of aromatic nitrogens is 3. The molecule has 1 aromatic heterocycles. The van der Waals surface area contributed by atoms with Gasteiger partial charge >= 0.3 is 0 Å². The van der Waals surface area contributed by atoms with E-state index in [0.717, 1.165) is 12.8 Å². The zero-order valence-corrected chi connectivity index (χ0v) is 11.5. The van der Waals surface area contributed by atoms with Crippen molar-refractivity contribution in [3.8, 4) is 0 Å². The fraction of sp³-hybridized carbons (Fsp3) is 0.800. The molecule has 0 spiro atoms. The SMILES string of the molecule is CCCC(C)c1nnc(S(N)(=O)=O)n1C(C)C. The third-order valence-electron chi connectivity index (χ3n) is 2.62. The van der Waals surface area contributed by atoms with Gasteiger partial charge in [0, 0.05) is 12.0 Å². The first kappa shape index (κ1) is 14.1. The Kier molecular flexibility index (Phi) is 4.26. The third kappa shape index (κ3) is 3.04. The first-order valence-corrected chi connectivity index (χ1v) is 7.31. The van der Waals surface area contributed by atoms with Crippen molar-refractivity contribution in [3.05, 3.63) is 5.82 Å². The summed E-state index contributed by atoms with van der Waals surface area (Å²) in [6, 6.07) is -0.0346. The van der Waals surface area contributed by atoms with Crippen molar-refractivity contribution in [2.24, 2.45) is 5.14 Å². The van der Waals surface area contributed by atoms with Crippen molar-refractivity contribution in [3.63, 3.8) is 0 Å². The monoisotopic (exact) mass is 260 g/mol. The number of nitrogens with zero attached hydrogens (tertiary/aromatic N) is 3. The predicted molar refractivity (Wildman–Crippen MR) is 65.1 cm³/mol. The number of hydrogen-bond acceptors (Lipinski definition) is 4. The van der Waals surface area contributed by atoms with E-state index in [2.05, 4.69) is 17.1 Å². The minimum absolute atomic E-state index is 0.0346. The molecule has 2 N–H and O–H groups in total. The molecular weight excluding hydrogens is 240 g/mol. The van der Waals surface area contributed by atoms with E-state index in [-0.39, 0.29) is 17.1 Å². The van der Waals surface area contributed by atoms with Crippen LogP contribution in [0.4, 0.5) is 0 Å². The second-order valence-electron chi connectivity index (χ2n) is 4.54. The largest absolute Gasteiger partial charge is 0.298 e. The Morgan fingerprint density at radius 3 is 2.29 bits per heavy atom. The van der Waals surface area contributed by atoms with E-state index in [9.17, 15) is 8.42 Å². The molecule has 1 atom stereocenters. The van der Waals surface area contributed by atoms with Crippen LogP contribution < -0.4 is 5.14 Å². The molecule has 0 saturated carbocycles. The average molecular weight is 260 g/mol. The second kappa shape index (κ2) is 5.14. The molecule has 1 aromatic rings. The summed E-state index contributed by atoms with van der Waals surface area (Å²) in [6.07, 6.45) is 1.95. The summed E-state index contributed by atoms with van der Waals surface area (Å²) in [5.41, 5.74) is 0. The van der Waals surface area contributed by atoms with E-state index in [4.69, 9.17) is 5.14 Å². The molecule has 0 aromatic carbocycles. The van der Waals surface area contributed by atoms with E-state index >= 15 is 0 Å². The van der Waals surface area contributed by atoms with E-state index in [0.29, 0.717) is 5.82 Å². The summed E-state index contributed by atoms with van der Waals surface area (Å²) >= 11 is 0. The number of hydrogen-bond donors (Lipinski definition) is 1. The molecule has 0 saturated heterocycles. The Morgan fingerprint density at radius 2 is 1.88 bits per heavy atom. The Labute approximate surface area is 102 Å². The highest BCUT2D eigenvalue weighted by Crippen LogP contribution is 2.24. The molecule has 1 rings (SSSR count). The minimum atomic E-state index is -3.82. The first-order valence-electron chi connectivity index (χ1n) is 5.76. The third-order valence-corrected chi connectivity index (χ3v) is 3.41. The van der Waals surface area contributed by atoms with Gasteiger partial charge in [-0.2, -0.15) is 0 Å². The smallest absolute Gasteiger partial charge is 0.273 e. The highest BCUT2D eigenvalue weighted by atomic mass is 32.2. The van der Waals surface area contributed by atoms with Gasteiger partial charge < -0.3 is 0 Å². The Balaban J connectivity index is 3.30. The summed E-state index contributed by atoms with van der Waals surface area (Å²) in [6.45, 7) is 7.87. The van der Waals surface area contributed by atoms with Gasteiger partial charge in [-0.15, -0.1) is 10.2 Å². The molecule has 0 radical (unpaired) electrons. The van der Waals surface area contributed by atoms with Crippen LogP contribution in [0.2, 0.25) is 0 Å². The molecule has 0 amide bonds. The number of rotatable bonds is 5. The molecule has 0 fully saturated rings. The molecule has 7 heteroatoms. The first-order chi connectivity index (χ1) is 7.79. The highest BCUT2D eigenvalue weighted by Gasteiger charge is 2.25. The van der Waals surface area contributed by atoms with Gasteiger partial charge in [0.2, 0.25) is 0 Å². The number of sulfonamides is 1. The van der Waals surface area contributed by atoms with Crippen LogP contribution in [0.25, 0.3) is 0 Å². The molecule has 17 heavy (non-hydrogen) atoms. The molecule has 0 aliphatic rings. The molecule has 0 bridgehead atoms. The Hall–Kier alpha value is -0.950. The lowest BCUT2D eigenvalue weighted by Gasteiger charge is -2.16.